The van der Waals surface area contributed by atoms with Crippen molar-refractivity contribution in [1.29, 1.82) is 0 Å². The molecule has 1 saturated heterocycles. The second kappa shape index (κ2) is 9.04. The number of anilines is 1. The van der Waals surface area contributed by atoms with Gasteiger partial charge in [0.25, 0.3) is 0 Å². The van der Waals surface area contributed by atoms with Crippen LogP contribution in [0.2, 0.25) is 0 Å². The number of likely N-dealkylation sites (tertiary alicyclic amines) is 1. The molecule has 0 spiro atoms. The number of aromatic amines is 1. The molecule has 2 N–H and O–H groups in total. The van der Waals surface area contributed by atoms with Crippen molar-refractivity contribution in [3.05, 3.63) is 47.9 Å². The monoisotopic (exact) mass is 418 g/mol. The van der Waals surface area contributed by atoms with Gasteiger partial charge in [-0.05, 0) is 49.4 Å². The van der Waals surface area contributed by atoms with Gasteiger partial charge in [0, 0.05) is 37.3 Å². The van der Waals surface area contributed by atoms with Gasteiger partial charge in [-0.25, -0.2) is 4.98 Å². The van der Waals surface area contributed by atoms with Crippen molar-refractivity contribution in [2.75, 3.05) is 18.4 Å². The lowest BCUT2D eigenvalue weighted by Gasteiger charge is -2.24. The third-order valence-electron chi connectivity index (χ3n) is 6.76. The van der Waals surface area contributed by atoms with E-state index in [0.29, 0.717) is 24.3 Å². The van der Waals surface area contributed by atoms with Gasteiger partial charge in [-0.1, -0.05) is 25.3 Å². The fourth-order valence-corrected chi connectivity index (χ4v) is 4.95. The van der Waals surface area contributed by atoms with Crippen molar-refractivity contribution in [3.8, 4) is 0 Å². The summed E-state index contributed by atoms with van der Waals surface area (Å²) in [5.74, 6) is 2.01. The zero-order valence-electron chi connectivity index (χ0n) is 17.9. The first-order valence-corrected chi connectivity index (χ1v) is 11.5. The molecule has 0 aromatic carbocycles. The van der Waals surface area contributed by atoms with Gasteiger partial charge in [0.05, 0.1) is 17.6 Å². The highest BCUT2D eigenvalue weighted by molar-refractivity contribution is 5.87. The molecule has 3 aromatic rings. The number of hydrogen-bond donors (Lipinski definition) is 2. The summed E-state index contributed by atoms with van der Waals surface area (Å²) in [4.78, 5) is 24.0. The summed E-state index contributed by atoms with van der Waals surface area (Å²) < 4.78 is 0. The molecule has 0 bridgehead atoms. The van der Waals surface area contributed by atoms with Crippen LogP contribution in [0, 0.1) is 5.92 Å². The molecule has 162 valence electrons. The number of nitrogens with zero attached hydrogens (tertiary/aromatic N) is 4. The number of fused-ring (bicyclic) bond motifs is 1. The molecule has 1 amide bonds. The first kappa shape index (κ1) is 20.0. The Bertz CT molecular complexity index is 1030. The second-order valence-electron chi connectivity index (χ2n) is 8.91. The summed E-state index contributed by atoms with van der Waals surface area (Å²) in [6.45, 7) is 2.24. The topological polar surface area (TPSA) is 86.8 Å². The Morgan fingerprint density at radius 2 is 2.03 bits per heavy atom. The average Bonchev–Trinajstić information content (AvgIpc) is 3.46. The highest BCUT2D eigenvalue weighted by Gasteiger charge is 2.30. The summed E-state index contributed by atoms with van der Waals surface area (Å²) in [5.41, 5.74) is 2.79. The van der Waals surface area contributed by atoms with E-state index >= 15 is 0 Å². The number of H-pyrrole nitrogens is 1. The first-order chi connectivity index (χ1) is 15.3. The summed E-state index contributed by atoms with van der Waals surface area (Å²) in [6, 6.07) is 10.0. The largest absolute Gasteiger partial charge is 0.362 e. The number of amides is 1. The highest BCUT2D eigenvalue weighted by atomic mass is 16.2. The molecule has 7 heteroatoms. The third kappa shape index (κ3) is 4.55. The molecular weight excluding hydrogens is 388 g/mol. The van der Waals surface area contributed by atoms with E-state index in [1.165, 1.54) is 32.1 Å². The molecule has 7 nitrogen and oxygen atoms in total. The van der Waals surface area contributed by atoms with Gasteiger partial charge < -0.3 is 10.2 Å². The van der Waals surface area contributed by atoms with Gasteiger partial charge in [0.2, 0.25) is 5.91 Å². The molecule has 2 aliphatic rings. The van der Waals surface area contributed by atoms with Crippen LogP contribution < -0.4 is 5.32 Å². The maximum absolute atomic E-state index is 12.8. The summed E-state index contributed by atoms with van der Waals surface area (Å²) in [7, 11) is 0. The summed E-state index contributed by atoms with van der Waals surface area (Å²) >= 11 is 0. The van der Waals surface area contributed by atoms with Crippen LogP contribution in [-0.4, -0.2) is 44.1 Å². The van der Waals surface area contributed by atoms with E-state index in [0.717, 1.165) is 54.2 Å². The first-order valence-electron chi connectivity index (χ1n) is 11.5. The van der Waals surface area contributed by atoms with Crippen molar-refractivity contribution in [2.45, 2.75) is 57.4 Å². The van der Waals surface area contributed by atoms with Gasteiger partial charge in [-0.15, -0.1) is 0 Å². The smallest absolute Gasteiger partial charge is 0.222 e. The molecule has 1 atom stereocenters. The van der Waals surface area contributed by atoms with Crippen molar-refractivity contribution in [3.63, 3.8) is 0 Å². The predicted molar refractivity (Wildman–Crippen MR) is 121 cm³/mol. The van der Waals surface area contributed by atoms with E-state index in [1.807, 2.05) is 18.2 Å². The van der Waals surface area contributed by atoms with Gasteiger partial charge in [0.15, 0.2) is 11.5 Å². The van der Waals surface area contributed by atoms with Crippen molar-refractivity contribution >= 4 is 22.8 Å². The van der Waals surface area contributed by atoms with E-state index in [9.17, 15) is 4.79 Å². The van der Waals surface area contributed by atoms with Crippen LogP contribution in [0.25, 0.3) is 11.0 Å². The van der Waals surface area contributed by atoms with E-state index in [2.05, 4.69) is 37.5 Å². The lowest BCUT2D eigenvalue weighted by atomic mass is 9.87. The zero-order valence-corrected chi connectivity index (χ0v) is 17.9. The van der Waals surface area contributed by atoms with Crippen LogP contribution in [-0.2, 0) is 11.3 Å². The molecule has 4 heterocycles. The number of carbonyl (C=O) groups is 1. The van der Waals surface area contributed by atoms with Crippen LogP contribution in [0.4, 0.5) is 5.82 Å². The number of pyridine rings is 2. The fourth-order valence-electron chi connectivity index (χ4n) is 4.95. The molecule has 1 aliphatic heterocycles. The third-order valence-corrected chi connectivity index (χ3v) is 6.76. The minimum Gasteiger partial charge on any atom is -0.362 e. The van der Waals surface area contributed by atoms with E-state index in [-0.39, 0.29) is 0 Å². The molecule has 0 unspecified atom stereocenters. The summed E-state index contributed by atoms with van der Waals surface area (Å²) in [5, 5.41) is 11.8. The van der Waals surface area contributed by atoms with Crippen molar-refractivity contribution in [2.24, 2.45) is 5.92 Å². The quantitative estimate of drug-likeness (QED) is 0.625. The molecule has 0 radical (unpaired) electrons. The molecule has 1 saturated carbocycles. The van der Waals surface area contributed by atoms with Gasteiger partial charge >= 0.3 is 0 Å². The highest BCUT2D eigenvalue weighted by Crippen LogP contribution is 2.31. The van der Waals surface area contributed by atoms with E-state index in [1.54, 1.807) is 6.20 Å². The maximum Gasteiger partial charge on any atom is 0.222 e. The maximum atomic E-state index is 12.8. The van der Waals surface area contributed by atoms with Crippen LogP contribution >= 0.6 is 0 Å². The summed E-state index contributed by atoms with van der Waals surface area (Å²) in [6.07, 6.45) is 9.84. The Labute approximate surface area is 182 Å². The van der Waals surface area contributed by atoms with Crippen LogP contribution in [0.5, 0.6) is 0 Å². The molecule has 5 rings (SSSR count). The standard InChI is InChI=1S/C24H30N6O/c31-22(14-17-6-2-1-3-7-17)30-13-11-18(16-30)21-10-9-20-23(28-29-24(20)27-21)26-15-19-8-4-5-12-25-19/h4-5,8-10,12,17-18H,1-3,6-7,11,13-16H2,(H2,26,27,28,29)/t18-/m0/s1. The van der Waals surface area contributed by atoms with Crippen LogP contribution in [0.3, 0.4) is 0 Å². The SMILES string of the molecule is O=C(CC1CCCCC1)N1CC[C@H](c2ccc3c(NCc4ccccn4)n[nH]c3n2)C1. The van der Waals surface area contributed by atoms with E-state index in [4.69, 9.17) is 4.98 Å². The molecule has 1 aliphatic carbocycles. The average molecular weight is 419 g/mol. The van der Waals surface area contributed by atoms with Crippen LogP contribution in [0.15, 0.2) is 36.5 Å². The van der Waals surface area contributed by atoms with E-state index < -0.39 is 0 Å². The lowest BCUT2D eigenvalue weighted by Crippen LogP contribution is -2.30. The van der Waals surface area contributed by atoms with Gasteiger partial charge in [-0.3, -0.25) is 14.9 Å². The van der Waals surface area contributed by atoms with Crippen molar-refractivity contribution in [1.82, 2.24) is 25.1 Å². The van der Waals surface area contributed by atoms with Gasteiger partial charge in [0.1, 0.15) is 0 Å². The Morgan fingerprint density at radius 3 is 2.87 bits per heavy atom. The number of aromatic nitrogens is 4. The molecule has 3 aromatic heterocycles. The Kier molecular flexibility index (Phi) is 5.82. The fraction of sp³-hybridized carbons (Fsp3) is 0.500. The predicted octanol–water partition coefficient (Wildman–Crippen LogP) is 4.25. The minimum atomic E-state index is 0.299. The number of rotatable bonds is 6. The van der Waals surface area contributed by atoms with Gasteiger partial charge in [-0.2, -0.15) is 5.10 Å². The Hall–Kier alpha value is -2.96. The number of carbonyl (C=O) groups excluding carboxylic acids is 1. The normalized spacial score (nSPS) is 19.7. The molecule has 2 fully saturated rings. The lowest BCUT2D eigenvalue weighted by molar-refractivity contribution is -0.131. The second-order valence-corrected chi connectivity index (χ2v) is 8.91. The number of hydrogen-bond acceptors (Lipinski definition) is 5. The molecular formula is C24H30N6O. The van der Waals surface area contributed by atoms with Crippen molar-refractivity contribution < 1.29 is 4.79 Å². The minimum absolute atomic E-state index is 0.299. The number of nitrogens with one attached hydrogen (secondary N) is 2. The van der Waals surface area contributed by atoms with Crippen LogP contribution in [0.1, 0.15) is 62.3 Å². The zero-order chi connectivity index (χ0) is 21.0. The Morgan fingerprint density at radius 1 is 1.13 bits per heavy atom. The molecule has 31 heavy (non-hydrogen) atoms. The Balaban J connectivity index is 1.21.